The van der Waals surface area contributed by atoms with E-state index in [2.05, 4.69) is 60.1 Å². The van der Waals surface area contributed by atoms with Gasteiger partial charge in [0.1, 0.15) is 0 Å². The van der Waals surface area contributed by atoms with Gasteiger partial charge in [-0.1, -0.05) is 46.3 Å². The SMILES string of the molecule is Cc1cccc(C(Cl)Cc2cccc(Br)c2)c1C. The molecule has 0 aliphatic rings. The Bertz CT molecular complexity index is 549. The fourth-order valence-electron chi connectivity index (χ4n) is 2.09. The predicted octanol–water partition coefficient (Wildman–Crippen LogP) is 5.59. The average molecular weight is 324 g/mol. The summed E-state index contributed by atoms with van der Waals surface area (Å²) in [5, 5.41) is 0.0270. The highest BCUT2D eigenvalue weighted by molar-refractivity contribution is 9.10. The quantitative estimate of drug-likeness (QED) is 0.646. The van der Waals surface area contributed by atoms with E-state index in [9.17, 15) is 0 Å². The number of aryl methyl sites for hydroxylation is 1. The second-order valence-corrected chi connectivity index (χ2v) is 6.03. The summed E-state index contributed by atoms with van der Waals surface area (Å²) < 4.78 is 1.10. The van der Waals surface area contributed by atoms with Crippen LogP contribution >= 0.6 is 27.5 Å². The van der Waals surface area contributed by atoms with Crippen LogP contribution in [0.1, 0.15) is 27.6 Å². The Hall–Kier alpha value is -0.790. The second-order valence-electron chi connectivity index (χ2n) is 4.59. The third kappa shape index (κ3) is 3.15. The van der Waals surface area contributed by atoms with E-state index in [-0.39, 0.29) is 5.38 Å². The molecule has 0 saturated carbocycles. The lowest BCUT2D eigenvalue weighted by Crippen LogP contribution is -1.99. The number of hydrogen-bond donors (Lipinski definition) is 0. The number of alkyl halides is 1. The molecular formula is C16H16BrCl. The lowest BCUT2D eigenvalue weighted by Gasteiger charge is -2.14. The molecule has 0 nitrogen and oxygen atoms in total. The number of rotatable bonds is 3. The first-order valence-electron chi connectivity index (χ1n) is 6.02. The third-order valence-corrected chi connectivity index (χ3v) is 4.17. The van der Waals surface area contributed by atoms with Crippen LogP contribution in [-0.2, 0) is 6.42 Å². The van der Waals surface area contributed by atoms with Crippen molar-refractivity contribution in [2.75, 3.05) is 0 Å². The molecule has 0 saturated heterocycles. The summed E-state index contributed by atoms with van der Waals surface area (Å²) in [6, 6.07) is 14.6. The highest BCUT2D eigenvalue weighted by Crippen LogP contribution is 2.29. The molecule has 0 spiro atoms. The van der Waals surface area contributed by atoms with E-state index in [4.69, 9.17) is 11.6 Å². The molecule has 2 rings (SSSR count). The molecule has 2 aromatic carbocycles. The summed E-state index contributed by atoms with van der Waals surface area (Å²) >= 11 is 10.0. The Morgan fingerprint density at radius 1 is 1.11 bits per heavy atom. The summed E-state index contributed by atoms with van der Waals surface area (Å²) in [5.41, 5.74) is 5.09. The van der Waals surface area contributed by atoms with Crippen molar-refractivity contribution in [1.29, 1.82) is 0 Å². The van der Waals surface area contributed by atoms with Gasteiger partial charge in [-0.15, -0.1) is 11.6 Å². The largest absolute Gasteiger partial charge is 0.117 e. The fourth-order valence-corrected chi connectivity index (χ4v) is 2.96. The van der Waals surface area contributed by atoms with Gasteiger partial charge in [0.15, 0.2) is 0 Å². The van der Waals surface area contributed by atoms with Crippen LogP contribution in [-0.4, -0.2) is 0 Å². The van der Waals surface area contributed by atoms with Crippen molar-refractivity contribution in [2.45, 2.75) is 25.6 Å². The molecule has 0 aliphatic carbocycles. The van der Waals surface area contributed by atoms with Crippen molar-refractivity contribution in [3.8, 4) is 0 Å². The van der Waals surface area contributed by atoms with Crippen LogP contribution in [0, 0.1) is 13.8 Å². The van der Waals surface area contributed by atoms with Crippen molar-refractivity contribution in [3.63, 3.8) is 0 Å². The Balaban J connectivity index is 2.22. The normalized spacial score (nSPS) is 12.4. The Morgan fingerprint density at radius 2 is 1.83 bits per heavy atom. The van der Waals surface area contributed by atoms with Gasteiger partial charge < -0.3 is 0 Å². The molecule has 1 atom stereocenters. The van der Waals surface area contributed by atoms with E-state index in [1.54, 1.807) is 0 Å². The summed E-state index contributed by atoms with van der Waals surface area (Å²) in [6.07, 6.45) is 0.852. The fraction of sp³-hybridized carbons (Fsp3) is 0.250. The first-order chi connectivity index (χ1) is 8.58. The summed E-state index contributed by atoms with van der Waals surface area (Å²) in [6.45, 7) is 4.27. The number of halogens is 2. The van der Waals surface area contributed by atoms with Gasteiger partial charge in [-0.05, 0) is 54.7 Å². The molecular weight excluding hydrogens is 308 g/mol. The molecule has 2 aromatic rings. The maximum absolute atomic E-state index is 6.56. The van der Waals surface area contributed by atoms with E-state index in [1.165, 1.54) is 22.3 Å². The van der Waals surface area contributed by atoms with Gasteiger partial charge in [0.2, 0.25) is 0 Å². The molecule has 0 heterocycles. The molecule has 0 radical (unpaired) electrons. The van der Waals surface area contributed by atoms with Crippen molar-refractivity contribution in [3.05, 3.63) is 69.2 Å². The van der Waals surface area contributed by atoms with Crippen LogP contribution in [0.4, 0.5) is 0 Å². The molecule has 2 heteroatoms. The number of benzene rings is 2. The molecule has 18 heavy (non-hydrogen) atoms. The average Bonchev–Trinajstić information content (AvgIpc) is 2.32. The lowest BCUT2D eigenvalue weighted by atomic mass is 9.97. The third-order valence-electron chi connectivity index (χ3n) is 3.29. The van der Waals surface area contributed by atoms with E-state index in [1.807, 2.05) is 12.1 Å². The Kier molecular flexibility index (Phi) is 4.47. The maximum atomic E-state index is 6.56. The highest BCUT2D eigenvalue weighted by Gasteiger charge is 2.12. The van der Waals surface area contributed by atoms with E-state index >= 15 is 0 Å². The topological polar surface area (TPSA) is 0 Å². The molecule has 94 valence electrons. The second kappa shape index (κ2) is 5.90. The Morgan fingerprint density at radius 3 is 2.56 bits per heavy atom. The standard InChI is InChI=1S/C16H16BrCl/c1-11-5-3-8-15(12(11)2)16(18)10-13-6-4-7-14(17)9-13/h3-9,16H,10H2,1-2H3. The summed E-state index contributed by atoms with van der Waals surface area (Å²) in [4.78, 5) is 0. The van der Waals surface area contributed by atoms with E-state index < -0.39 is 0 Å². The van der Waals surface area contributed by atoms with Crippen LogP contribution in [0.15, 0.2) is 46.9 Å². The number of hydrogen-bond acceptors (Lipinski definition) is 0. The summed E-state index contributed by atoms with van der Waals surface area (Å²) in [5.74, 6) is 0. The van der Waals surface area contributed by atoms with E-state index in [0.29, 0.717) is 0 Å². The highest BCUT2D eigenvalue weighted by atomic mass is 79.9. The molecule has 0 aromatic heterocycles. The van der Waals surface area contributed by atoms with E-state index in [0.717, 1.165) is 10.9 Å². The minimum absolute atomic E-state index is 0.0270. The predicted molar refractivity (Wildman–Crippen MR) is 82.4 cm³/mol. The molecule has 0 aliphatic heterocycles. The van der Waals surface area contributed by atoms with Crippen LogP contribution in [0.25, 0.3) is 0 Å². The van der Waals surface area contributed by atoms with Crippen LogP contribution < -0.4 is 0 Å². The zero-order valence-electron chi connectivity index (χ0n) is 10.6. The van der Waals surface area contributed by atoms with Crippen molar-refractivity contribution >= 4 is 27.5 Å². The maximum Gasteiger partial charge on any atom is 0.0628 e. The zero-order valence-corrected chi connectivity index (χ0v) is 12.9. The smallest absolute Gasteiger partial charge is 0.0628 e. The van der Waals surface area contributed by atoms with Crippen LogP contribution in [0.2, 0.25) is 0 Å². The van der Waals surface area contributed by atoms with Gasteiger partial charge in [-0.25, -0.2) is 0 Å². The van der Waals surface area contributed by atoms with Gasteiger partial charge in [0.05, 0.1) is 5.38 Å². The van der Waals surface area contributed by atoms with Gasteiger partial charge in [0.25, 0.3) is 0 Å². The molecule has 0 N–H and O–H groups in total. The van der Waals surface area contributed by atoms with Crippen molar-refractivity contribution in [1.82, 2.24) is 0 Å². The van der Waals surface area contributed by atoms with Gasteiger partial charge in [-0.3, -0.25) is 0 Å². The van der Waals surface area contributed by atoms with Gasteiger partial charge in [-0.2, -0.15) is 0 Å². The lowest BCUT2D eigenvalue weighted by molar-refractivity contribution is 0.906. The van der Waals surface area contributed by atoms with Crippen molar-refractivity contribution < 1.29 is 0 Å². The van der Waals surface area contributed by atoms with Crippen LogP contribution in [0.3, 0.4) is 0 Å². The first-order valence-corrected chi connectivity index (χ1v) is 7.25. The molecule has 1 unspecified atom stereocenters. The van der Waals surface area contributed by atoms with Gasteiger partial charge in [0, 0.05) is 4.47 Å². The minimum atomic E-state index is 0.0270. The molecule has 0 fully saturated rings. The Labute approximate surface area is 122 Å². The minimum Gasteiger partial charge on any atom is -0.117 e. The zero-order chi connectivity index (χ0) is 13.1. The first kappa shape index (κ1) is 13.6. The van der Waals surface area contributed by atoms with Crippen molar-refractivity contribution in [2.24, 2.45) is 0 Å². The van der Waals surface area contributed by atoms with Crippen LogP contribution in [0.5, 0.6) is 0 Å². The molecule has 0 bridgehead atoms. The molecule has 0 amide bonds. The van der Waals surface area contributed by atoms with Gasteiger partial charge >= 0.3 is 0 Å². The monoisotopic (exact) mass is 322 g/mol. The summed E-state index contributed by atoms with van der Waals surface area (Å²) in [7, 11) is 0.